The standard InChI is InChI=1S/C12H20O3/c1-2-15-12(14)9-4-3-8-11(13)10-6-5-7-10/h10H,2-9H2,1H3. The highest BCUT2D eigenvalue weighted by atomic mass is 16.5. The van der Waals surface area contributed by atoms with Gasteiger partial charge in [0.2, 0.25) is 0 Å². The maximum absolute atomic E-state index is 11.5. The van der Waals surface area contributed by atoms with Crippen LogP contribution in [0.1, 0.15) is 51.9 Å². The van der Waals surface area contributed by atoms with Crippen LogP contribution >= 0.6 is 0 Å². The van der Waals surface area contributed by atoms with Gasteiger partial charge in [0.05, 0.1) is 6.61 Å². The minimum absolute atomic E-state index is 0.145. The van der Waals surface area contributed by atoms with Crippen LogP contribution in [0.3, 0.4) is 0 Å². The van der Waals surface area contributed by atoms with E-state index in [4.69, 9.17) is 4.74 Å². The Balaban J connectivity index is 1.96. The van der Waals surface area contributed by atoms with E-state index in [-0.39, 0.29) is 5.97 Å². The Kier molecular flexibility index (Phi) is 5.37. The highest BCUT2D eigenvalue weighted by Crippen LogP contribution is 2.28. The van der Waals surface area contributed by atoms with Gasteiger partial charge in [-0.2, -0.15) is 0 Å². The van der Waals surface area contributed by atoms with Crippen molar-refractivity contribution < 1.29 is 14.3 Å². The van der Waals surface area contributed by atoms with Gasteiger partial charge >= 0.3 is 5.97 Å². The van der Waals surface area contributed by atoms with E-state index in [0.717, 1.165) is 25.7 Å². The molecule has 15 heavy (non-hydrogen) atoms. The van der Waals surface area contributed by atoms with Gasteiger partial charge in [-0.15, -0.1) is 0 Å². The SMILES string of the molecule is CCOC(=O)CCCCC(=O)C1CCC1. The highest BCUT2D eigenvalue weighted by molar-refractivity contribution is 5.81. The van der Waals surface area contributed by atoms with Crippen LogP contribution in [0, 0.1) is 5.92 Å². The van der Waals surface area contributed by atoms with Crippen LogP contribution in [0.2, 0.25) is 0 Å². The molecule has 0 N–H and O–H groups in total. The zero-order valence-electron chi connectivity index (χ0n) is 9.46. The van der Waals surface area contributed by atoms with E-state index in [9.17, 15) is 9.59 Å². The second-order valence-corrected chi connectivity index (χ2v) is 4.11. The Morgan fingerprint density at radius 1 is 1.20 bits per heavy atom. The normalized spacial score (nSPS) is 15.8. The van der Waals surface area contributed by atoms with Gasteiger partial charge in [-0.3, -0.25) is 9.59 Å². The van der Waals surface area contributed by atoms with E-state index in [1.54, 1.807) is 6.92 Å². The predicted molar refractivity (Wildman–Crippen MR) is 57.4 cm³/mol. The molecule has 1 saturated carbocycles. The third kappa shape index (κ3) is 4.45. The molecule has 1 fully saturated rings. The van der Waals surface area contributed by atoms with Crippen molar-refractivity contribution in [3.63, 3.8) is 0 Å². The molecule has 0 aromatic carbocycles. The number of rotatable bonds is 7. The molecule has 0 amide bonds. The van der Waals surface area contributed by atoms with Crippen LogP contribution in [-0.4, -0.2) is 18.4 Å². The summed E-state index contributed by atoms with van der Waals surface area (Å²) in [7, 11) is 0. The minimum atomic E-state index is -0.145. The van der Waals surface area contributed by atoms with Crippen LogP contribution in [0.5, 0.6) is 0 Å². The number of Topliss-reactive ketones (excluding diaryl/α,β-unsaturated/α-hetero) is 1. The lowest BCUT2D eigenvalue weighted by molar-refractivity contribution is -0.143. The van der Waals surface area contributed by atoms with Crippen LogP contribution in [-0.2, 0) is 14.3 Å². The van der Waals surface area contributed by atoms with E-state index < -0.39 is 0 Å². The van der Waals surface area contributed by atoms with Crippen LogP contribution in [0.15, 0.2) is 0 Å². The molecule has 0 saturated heterocycles. The summed E-state index contributed by atoms with van der Waals surface area (Å²) in [5, 5.41) is 0. The summed E-state index contributed by atoms with van der Waals surface area (Å²) in [5.41, 5.74) is 0. The number of ketones is 1. The van der Waals surface area contributed by atoms with Crippen molar-refractivity contribution in [3.05, 3.63) is 0 Å². The van der Waals surface area contributed by atoms with Crippen molar-refractivity contribution in [2.75, 3.05) is 6.61 Å². The molecule has 0 aromatic rings. The smallest absolute Gasteiger partial charge is 0.305 e. The summed E-state index contributed by atoms with van der Waals surface area (Å²) in [6.07, 6.45) is 6.06. The first-order chi connectivity index (χ1) is 7.24. The summed E-state index contributed by atoms with van der Waals surface area (Å²) in [4.78, 5) is 22.5. The Labute approximate surface area is 91.2 Å². The van der Waals surface area contributed by atoms with E-state index in [0.29, 0.717) is 31.1 Å². The molecule has 3 heteroatoms. The lowest BCUT2D eigenvalue weighted by atomic mass is 9.81. The summed E-state index contributed by atoms with van der Waals surface area (Å²) in [6, 6.07) is 0. The number of unbranched alkanes of at least 4 members (excludes halogenated alkanes) is 1. The molecule has 86 valence electrons. The fourth-order valence-electron chi connectivity index (χ4n) is 1.74. The van der Waals surface area contributed by atoms with Gasteiger partial charge in [0.25, 0.3) is 0 Å². The van der Waals surface area contributed by atoms with Gasteiger partial charge in [-0.1, -0.05) is 6.42 Å². The van der Waals surface area contributed by atoms with Crippen molar-refractivity contribution in [3.8, 4) is 0 Å². The van der Waals surface area contributed by atoms with Crippen LogP contribution < -0.4 is 0 Å². The number of carbonyl (C=O) groups is 2. The van der Waals surface area contributed by atoms with E-state index in [2.05, 4.69) is 0 Å². The fourth-order valence-corrected chi connectivity index (χ4v) is 1.74. The van der Waals surface area contributed by atoms with Gasteiger partial charge in [-0.05, 0) is 32.6 Å². The topological polar surface area (TPSA) is 43.4 Å². The Hall–Kier alpha value is -0.860. The molecule has 0 heterocycles. The molecule has 1 aliphatic rings. The van der Waals surface area contributed by atoms with Gasteiger partial charge in [0.1, 0.15) is 5.78 Å². The third-order valence-corrected chi connectivity index (χ3v) is 2.92. The maximum atomic E-state index is 11.5. The average Bonchev–Trinajstić information content (AvgIpc) is 2.10. The summed E-state index contributed by atoms with van der Waals surface area (Å²) < 4.78 is 4.80. The molecule has 0 aromatic heterocycles. The average molecular weight is 212 g/mol. The lowest BCUT2D eigenvalue weighted by Gasteiger charge is -2.23. The van der Waals surface area contributed by atoms with E-state index >= 15 is 0 Å². The molecule has 1 rings (SSSR count). The monoisotopic (exact) mass is 212 g/mol. The van der Waals surface area contributed by atoms with E-state index in [1.807, 2.05) is 0 Å². The number of ether oxygens (including phenoxy) is 1. The second-order valence-electron chi connectivity index (χ2n) is 4.11. The molecular weight excluding hydrogens is 192 g/mol. The van der Waals surface area contributed by atoms with Gasteiger partial charge < -0.3 is 4.74 Å². The second kappa shape index (κ2) is 6.59. The number of hydrogen-bond donors (Lipinski definition) is 0. The summed E-state index contributed by atoms with van der Waals surface area (Å²) in [6.45, 7) is 2.25. The molecule has 1 aliphatic carbocycles. The summed E-state index contributed by atoms with van der Waals surface area (Å²) in [5.74, 6) is 0.589. The molecule has 0 radical (unpaired) electrons. The Morgan fingerprint density at radius 2 is 1.87 bits per heavy atom. The fraction of sp³-hybridized carbons (Fsp3) is 0.833. The van der Waals surface area contributed by atoms with Crippen LogP contribution in [0.25, 0.3) is 0 Å². The largest absolute Gasteiger partial charge is 0.466 e. The third-order valence-electron chi connectivity index (χ3n) is 2.92. The minimum Gasteiger partial charge on any atom is -0.466 e. The Morgan fingerprint density at radius 3 is 2.40 bits per heavy atom. The van der Waals surface area contributed by atoms with Crippen molar-refractivity contribution in [1.82, 2.24) is 0 Å². The predicted octanol–water partition coefficient (Wildman–Crippen LogP) is 2.48. The first kappa shape index (κ1) is 12.2. The first-order valence-electron chi connectivity index (χ1n) is 5.92. The van der Waals surface area contributed by atoms with Crippen molar-refractivity contribution >= 4 is 11.8 Å². The lowest BCUT2D eigenvalue weighted by Crippen LogP contribution is -2.21. The van der Waals surface area contributed by atoms with Crippen molar-refractivity contribution in [2.45, 2.75) is 51.9 Å². The molecule has 0 spiro atoms. The number of hydrogen-bond acceptors (Lipinski definition) is 3. The highest BCUT2D eigenvalue weighted by Gasteiger charge is 2.24. The molecule has 3 nitrogen and oxygen atoms in total. The van der Waals surface area contributed by atoms with Gasteiger partial charge in [0, 0.05) is 18.8 Å². The molecule has 0 unspecified atom stereocenters. The Bertz CT molecular complexity index is 219. The quantitative estimate of drug-likeness (QED) is 0.481. The van der Waals surface area contributed by atoms with Gasteiger partial charge in [0.15, 0.2) is 0 Å². The van der Waals surface area contributed by atoms with Crippen LogP contribution in [0.4, 0.5) is 0 Å². The molecule has 0 aliphatic heterocycles. The van der Waals surface area contributed by atoms with Gasteiger partial charge in [-0.25, -0.2) is 0 Å². The first-order valence-corrected chi connectivity index (χ1v) is 5.92. The van der Waals surface area contributed by atoms with Crippen molar-refractivity contribution in [2.24, 2.45) is 5.92 Å². The zero-order valence-corrected chi connectivity index (χ0v) is 9.46. The molecule has 0 bridgehead atoms. The summed E-state index contributed by atoms with van der Waals surface area (Å²) >= 11 is 0. The number of carbonyl (C=O) groups excluding carboxylic acids is 2. The molecule has 0 atom stereocenters. The zero-order chi connectivity index (χ0) is 11.1. The van der Waals surface area contributed by atoms with E-state index in [1.165, 1.54) is 6.42 Å². The number of esters is 1. The molecular formula is C12H20O3. The maximum Gasteiger partial charge on any atom is 0.305 e. The van der Waals surface area contributed by atoms with Crippen molar-refractivity contribution in [1.29, 1.82) is 0 Å².